The predicted molar refractivity (Wildman–Crippen MR) is 124 cm³/mol. The van der Waals surface area contributed by atoms with Gasteiger partial charge in [-0.25, -0.2) is 4.79 Å². The maximum Gasteiger partial charge on any atom is 0.328 e. The van der Waals surface area contributed by atoms with Crippen molar-refractivity contribution in [3.8, 4) is 5.75 Å². The molecule has 0 aliphatic rings. The van der Waals surface area contributed by atoms with Gasteiger partial charge in [0, 0.05) is 25.2 Å². The number of nitrogens with zero attached hydrogens (tertiary/aromatic N) is 1. The van der Waals surface area contributed by atoms with Crippen LogP contribution in [0.3, 0.4) is 0 Å². The Balaban J connectivity index is 1.60. The van der Waals surface area contributed by atoms with Crippen molar-refractivity contribution in [1.29, 1.82) is 0 Å². The minimum atomic E-state index is -0.607. The summed E-state index contributed by atoms with van der Waals surface area (Å²) >= 11 is 1.63. The van der Waals surface area contributed by atoms with Gasteiger partial charge in [-0.05, 0) is 47.6 Å². The van der Waals surface area contributed by atoms with Crippen molar-refractivity contribution >= 4 is 34.5 Å². The van der Waals surface area contributed by atoms with E-state index in [0.717, 1.165) is 28.0 Å². The summed E-state index contributed by atoms with van der Waals surface area (Å²) in [5.74, 6) is 0.973. The molecule has 31 heavy (non-hydrogen) atoms. The van der Waals surface area contributed by atoms with E-state index in [0.29, 0.717) is 19.6 Å². The van der Waals surface area contributed by atoms with E-state index in [9.17, 15) is 9.59 Å². The quantitative estimate of drug-likeness (QED) is 0.456. The van der Waals surface area contributed by atoms with E-state index in [1.165, 1.54) is 7.11 Å². The van der Waals surface area contributed by atoms with E-state index < -0.39 is 12.0 Å². The molecule has 0 aliphatic heterocycles. The number of fused-ring (bicyclic) bond motifs is 1. The first-order chi connectivity index (χ1) is 15.1. The number of aryl methyl sites for hydroxylation is 1. The highest BCUT2D eigenvalue weighted by atomic mass is 32.2. The Morgan fingerprint density at radius 3 is 2.68 bits per heavy atom. The van der Waals surface area contributed by atoms with E-state index in [-0.39, 0.29) is 12.3 Å². The fourth-order valence-corrected chi connectivity index (χ4v) is 3.78. The average molecular weight is 441 g/mol. The van der Waals surface area contributed by atoms with Gasteiger partial charge < -0.3 is 19.4 Å². The Bertz CT molecular complexity index is 1000. The van der Waals surface area contributed by atoms with Crippen molar-refractivity contribution in [2.45, 2.75) is 32.0 Å². The fraction of sp³-hybridized carbons (Fsp3) is 0.333. The van der Waals surface area contributed by atoms with E-state index in [2.05, 4.69) is 5.32 Å². The topological polar surface area (TPSA) is 69.6 Å². The molecular weight excluding hydrogens is 412 g/mol. The van der Waals surface area contributed by atoms with Crippen molar-refractivity contribution in [2.24, 2.45) is 0 Å². The Kier molecular flexibility index (Phi) is 8.41. The van der Waals surface area contributed by atoms with E-state index in [1.54, 1.807) is 11.8 Å². The second-order valence-corrected chi connectivity index (χ2v) is 8.16. The van der Waals surface area contributed by atoms with Gasteiger partial charge in [0.2, 0.25) is 5.91 Å². The van der Waals surface area contributed by atoms with Gasteiger partial charge in [-0.15, -0.1) is 0 Å². The van der Waals surface area contributed by atoms with Crippen LogP contribution in [0.4, 0.5) is 0 Å². The molecule has 1 N–H and O–H groups in total. The highest BCUT2D eigenvalue weighted by Gasteiger charge is 2.20. The number of ether oxygens (including phenoxy) is 2. The molecule has 0 saturated heterocycles. The summed E-state index contributed by atoms with van der Waals surface area (Å²) < 4.78 is 12.8. The molecule has 3 rings (SSSR count). The zero-order chi connectivity index (χ0) is 22.1. The van der Waals surface area contributed by atoms with Gasteiger partial charge in [0.1, 0.15) is 18.4 Å². The molecule has 7 heteroatoms. The molecule has 164 valence electrons. The number of thioether (sulfide) groups is 1. The van der Waals surface area contributed by atoms with Gasteiger partial charge >= 0.3 is 5.97 Å². The Morgan fingerprint density at radius 1 is 1.13 bits per heavy atom. The van der Waals surface area contributed by atoms with Gasteiger partial charge in [0.05, 0.1) is 12.6 Å². The van der Waals surface area contributed by atoms with Crippen molar-refractivity contribution in [2.75, 3.05) is 19.1 Å². The molecule has 0 fully saturated rings. The zero-order valence-electron chi connectivity index (χ0n) is 17.9. The number of rotatable bonds is 11. The lowest BCUT2D eigenvalue weighted by molar-refractivity contribution is -0.145. The lowest BCUT2D eigenvalue weighted by atomic mass is 10.2. The molecule has 1 atom stereocenters. The summed E-state index contributed by atoms with van der Waals surface area (Å²) in [6.45, 7) is 1.01. The summed E-state index contributed by atoms with van der Waals surface area (Å²) in [7, 11) is 1.34. The molecule has 0 bridgehead atoms. The standard InChI is InChI=1S/C24H28N2O4S/c1-29-24(28)21(12-15-31-2)25-23(27)11-14-26-13-10-19-8-9-20(16-22(19)26)30-17-18-6-4-3-5-7-18/h3-10,13,16,21H,11-12,14-15,17H2,1-2H3,(H,25,27). The lowest BCUT2D eigenvalue weighted by Crippen LogP contribution is -2.42. The Morgan fingerprint density at radius 2 is 1.94 bits per heavy atom. The van der Waals surface area contributed by atoms with Crippen molar-refractivity contribution in [3.05, 3.63) is 66.4 Å². The maximum atomic E-state index is 12.4. The smallest absolute Gasteiger partial charge is 0.328 e. The van der Waals surface area contributed by atoms with Crippen LogP contribution in [0, 0.1) is 0 Å². The molecule has 6 nitrogen and oxygen atoms in total. The lowest BCUT2D eigenvalue weighted by Gasteiger charge is -2.16. The molecule has 0 spiro atoms. The minimum absolute atomic E-state index is 0.171. The van der Waals surface area contributed by atoms with Crippen molar-refractivity contribution in [1.82, 2.24) is 9.88 Å². The summed E-state index contributed by atoms with van der Waals surface area (Å²) in [5.41, 5.74) is 2.11. The monoisotopic (exact) mass is 440 g/mol. The number of hydrogen-bond acceptors (Lipinski definition) is 5. The van der Waals surface area contributed by atoms with Crippen LogP contribution in [0.2, 0.25) is 0 Å². The van der Waals surface area contributed by atoms with Gasteiger partial charge in [-0.2, -0.15) is 11.8 Å². The first kappa shape index (κ1) is 22.7. The third-order valence-corrected chi connectivity index (χ3v) is 5.65. The number of benzene rings is 2. The van der Waals surface area contributed by atoms with Crippen LogP contribution in [-0.2, 0) is 27.5 Å². The summed E-state index contributed by atoms with van der Waals surface area (Å²) in [5, 5.41) is 3.88. The first-order valence-electron chi connectivity index (χ1n) is 10.2. The number of esters is 1. The van der Waals surface area contributed by atoms with Gasteiger partial charge in [-0.3, -0.25) is 4.79 Å². The molecule has 1 aromatic heterocycles. The van der Waals surface area contributed by atoms with E-state index in [4.69, 9.17) is 9.47 Å². The fourth-order valence-electron chi connectivity index (χ4n) is 3.30. The largest absolute Gasteiger partial charge is 0.489 e. The minimum Gasteiger partial charge on any atom is -0.489 e. The molecule has 1 heterocycles. The second kappa shape index (κ2) is 11.5. The van der Waals surface area contributed by atoms with E-state index in [1.807, 2.05) is 71.6 Å². The number of carbonyl (C=O) groups excluding carboxylic acids is 2. The van der Waals surface area contributed by atoms with Crippen LogP contribution in [-0.4, -0.2) is 41.6 Å². The van der Waals surface area contributed by atoms with Crippen LogP contribution in [0.15, 0.2) is 60.8 Å². The summed E-state index contributed by atoms with van der Waals surface area (Å²) in [6.07, 6.45) is 4.75. The molecular formula is C24H28N2O4S. The average Bonchev–Trinajstić information content (AvgIpc) is 3.21. The Hall–Kier alpha value is -2.93. The van der Waals surface area contributed by atoms with E-state index >= 15 is 0 Å². The third kappa shape index (κ3) is 6.52. The third-order valence-electron chi connectivity index (χ3n) is 5.01. The highest BCUT2D eigenvalue weighted by Crippen LogP contribution is 2.23. The van der Waals surface area contributed by atoms with Crippen LogP contribution in [0.5, 0.6) is 5.75 Å². The first-order valence-corrected chi connectivity index (χ1v) is 11.6. The number of hydrogen-bond donors (Lipinski definition) is 1. The number of nitrogens with one attached hydrogen (secondary N) is 1. The molecule has 0 saturated carbocycles. The summed E-state index contributed by atoms with van der Waals surface area (Å²) in [4.78, 5) is 24.3. The van der Waals surface area contributed by atoms with Crippen LogP contribution in [0.25, 0.3) is 10.9 Å². The molecule has 1 amide bonds. The Labute approximate surface area is 186 Å². The number of aromatic nitrogens is 1. The predicted octanol–water partition coefficient (Wildman–Crippen LogP) is 4.02. The molecule has 3 aromatic rings. The van der Waals surface area contributed by atoms with Gasteiger partial charge in [-0.1, -0.05) is 30.3 Å². The number of amides is 1. The highest BCUT2D eigenvalue weighted by molar-refractivity contribution is 7.98. The zero-order valence-corrected chi connectivity index (χ0v) is 18.7. The maximum absolute atomic E-state index is 12.4. The summed E-state index contributed by atoms with van der Waals surface area (Å²) in [6, 6.07) is 17.4. The van der Waals surface area contributed by atoms with Crippen LogP contribution in [0.1, 0.15) is 18.4 Å². The van der Waals surface area contributed by atoms with Gasteiger partial charge in [0.15, 0.2) is 0 Å². The van der Waals surface area contributed by atoms with Crippen LogP contribution < -0.4 is 10.1 Å². The molecule has 0 radical (unpaired) electrons. The van der Waals surface area contributed by atoms with Gasteiger partial charge in [0.25, 0.3) is 0 Å². The second-order valence-electron chi connectivity index (χ2n) is 7.18. The molecule has 0 aliphatic carbocycles. The number of carbonyl (C=O) groups is 2. The van der Waals surface area contributed by atoms with Crippen molar-refractivity contribution < 1.29 is 19.1 Å². The van der Waals surface area contributed by atoms with Crippen molar-refractivity contribution in [3.63, 3.8) is 0 Å². The SMILES string of the molecule is COC(=O)C(CCSC)NC(=O)CCn1ccc2ccc(OCc3ccccc3)cc21. The molecule has 2 aromatic carbocycles. The molecule has 1 unspecified atom stereocenters. The van der Waals surface area contributed by atoms with Crippen LogP contribution >= 0.6 is 11.8 Å². The normalized spacial score (nSPS) is 11.8. The number of methoxy groups -OCH3 is 1.